The van der Waals surface area contributed by atoms with Crippen LogP contribution in [0.1, 0.15) is 5.56 Å². The summed E-state index contributed by atoms with van der Waals surface area (Å²) in [6.45, 7) is 3.06. The number of hydrogen-bond donors (Lipinski definition) is 1. The normalized spacial score (nSPS) is 13.7. The number of hydrogen-bond acceptors (Lipinski definition) is 5. The molecular weight excluding hydrogens is 300 g/mol. The van der Waals surface area contributed by atoms with Gasteiger partial charge >= 0.3 is 0 Å². The van der Waals surface area contributed by atoms with Gasteiger partial charge in [-0.25, -0.2) is 0 Å². The minimum atomic E-state index is 0.293. The number of anilines is 1. The molecule has 0 amide bonds. The Hall–Kier alpha value is -1.69. The summed E-state index contributed by atoms with van der Waals surface area (Å²) < 4.78 is 17.0. The van der Waals surface area contributed by atoms with Crippen LogP contribution in [0.5, 0.6) is 11.5 Å². The van der Waals surface area contributed by atoms with E-state index in [0.717, 1.165) is 32.7 Å². The van der Waals surface area contributed by atoms with Crippen LogP contribution in [0.25, 0.3) is 11.1 Å². The first-order valence-corrected chi connectivity index (χ1v) is 6.27. The van der Waals surface area contributed by atoms with Crippen LogP contribution >= 0.6 is 15.9 Å². The lowest BCUT2D eigenvalue weighted by Crippen LogP contribution is -2.16. The number of rotatable bonds is 1. The van der Waals surface area contributed by atoms with E-state index in [2.05, 4.69) is 21.1 Å². The minimum Gasteiger partial charge on any atom is -0.486 e. The van der Waals surface area contributed by atoms with Gasteiger partial charge in [0.2, 0.25) is 5.88 Å². The van der Waals surface area contributed by atoms with Crippen molar-refractivity contribution in [1.29, 1.82) is 0 Å². The molecule has 6 heteroatoms. The van der Waals surface area contributed by atoms with E-state index in [1.165, 1.54) is 0 Å². The molecule has 1 aliphatic rings. The van der Waals surface area contributed by atoms with Crippen molar-refractivity contribution >= 4 is 21.8 Å². The number of halogens is 1. The molecule has 0 unspecified atom stereocenters. The van der Waals surface area contributed by atoms with Crippen LogP contribution < -0.4 is 15.2 Å². The molecule has 0 saturated carbocycles. The molecule has 5 nitrogen and oxygen atoms in total. The highest BCUT2D eigenvalue weighted by Crippen LogP contribution is 2.45. The Labute approximate surface area is 112 Å². The van der Waals surface area contributed by atoms with Crippen LogP contribution in [0.3, 0.4) is 0 Å². The van der Waals surface area contributed by atoms with E-state index in [9.17, 15) is 0 Å². The third-order valence-corrected chi connectivity index (χ3v) is 3.49. The van der Waals surface area contributed by atoms with Gasteiger partial charge in [0.25, 0.3) is 0 Å². The molecular formula is C12H11BrN2O3. The van der Waals surface area contributed by atoms with Gasteiger partial charge in [0, 0.05) is 5.56 Å². The molecule has 0 saturated heterocycles. The fraction of sp³-hybridized carbons (Fsp3) is 0.250. The lowest BCUT2D eigenvalue weighted by Gasteiger charge is -2.22. The number of nitrogens with zero attached hydrogens (tertiary/aromatic N) is 1. The average Bonchev–Trinajstić information content (AvgIpc) is 2.80. The van der Waals surface area contributed by atoms with Crippen molar-refractivity contribution in [3.63, 3.8) is 0 Å². The third kappa shape index (κ3) is 1.64. The molecule has 0 fully saturated rings. The largest absolute Gasteiger partial charge is 0.486 e. The maximum Gasteiger partial charge on any atom is 0.229 e. The van der Waals surface area contributed by atoms with Crippen LogP contribution in [-0.4, -0.2) is 18.4 Å². The molecule has 2 heterocycles. The van der Waals surface area contributed by atoms with Crippen LogP contribution in [0.2, 0.25) is 0 Å². The predicted molar refractivity (Wildman–Crippen MR) is 69.8 cm³/mol. The minimum absolute atomic E-state index is 0.293. The zero-order chi connectivity index (χ0) is 12.7. The van der Waals surface area contributed by atoms with Crippen LogP contribution in [0, 0.1) is 6.92 Å². The van der Waals surface area contributed by atoms with Crippen molar-refractivity contribution in [3.05, 3.63) is 22.3 Å². The van der Waals surface area contributed by atoms with E-state index in [0.29, 0.717) is 19.1 Å². The smallest absolute Gasteiger partial charge is 0.229 e. The second-order valence-electron chi connectivity index (χ2n) is 3.99. The summed E-state index contributed by atoms with van der Waals surface area (Å²) in [4.78, 5) is 0. The lowest BCUT2D eigenvalue weighted by atomic mass is 10.0. The van der Waals surface area contributed by atoms with E-state index >= 15 is 0 Å². The van der Waals surface area contributed by atoms with Crippen molar-refractivity contribution in [2.24, 2.45) is 0 Å². The lowest BCUT2D eigenvalue weighted by molar-refractivity contribution is 0.169. The first-order chi connectivity index (χ1) is 8.68. The number of benzene rings is 1. The van der Waals surface area contributed by atoms with Crippen LogP contribution in [0.4, 0.5) is 5.88 Å². The van der Waals surface area contributed by atoms with Crippen molar-refractivity contribution in [2.75, 3.05) is 18.9 Å². The molecule has 1 aliphatic heterocycles. The molecule has 18 heavy (non-hydrogen) atoms. The summed E-state index contributed by atoms with van der Waals surface area (Å²) in [6.07, 6.45) is 1.60. The Morgan fingerprint density at radius 3 is 2.61 bits per heavy atom. The van der Waals surface area contributed by atoms with Gasteiger partial charge in [0.05, 0.1) is 16.2 Å². The Kier molecular flexibility index (Phi) is 2.66. The summed E-state index contributed by atoms with van der Waals surface area (Å²) in [5.41, 5.74) is 8.39. The quantitative estimate of drug-likeness (QED) is 0.877. The predicted octanol–water partition coefficient (Wildman–Crippen LogP) is 2.77. The van der Waals surface area contributed by atoms with E-state index in [-0.39, 0.29) is 0 Å². The van der Waals surface area contributed by atoms with Gasteiger partial charge < -0.3 is 19.7 Å². The molecule has 0 spiro atoms. The van der Waals surface area contributed by atoms with Gasteiger partial charge in [-0.3, -0.25) is 0 Å². The van der Waals surface area contributed by atoms with Crippen molar-refractivity contribution in [3.8, 4) is 22.6 Å². The molecule has 94 valence electrons. The highest BCUT2D eigenvalue weighted by atomic mass is 79.9. The summed E-state index contributed by atoms with van der Waals surface area (Å²) in [6, 6.07) is 1.94. The van der Waals surface area contributed by atoms with Gasteiger partial charge in [-0.15, -0.1) is 0 Å². The van der Waals surface area contributed by atoms with Gasteiger partial charge in [-0.1, -0.05) is 5.16 Å². The molecule has 3 rings (SSSR count). The van der Waals surface area contributed by atoms with E-state index < -0.39 is 0 Å². The summed E-state index contributed by atoms with van der Waals surface area (Å²) in [7, 11) is 0. The van der Waals surface area contributed by atoms with Gasteiger partial charge in [0.15, 0.2) is 11.5 Å². The summed E-state index contributed by atoms with van der Waals surface area (Å²) in [5.74, 6) is 1.77. The SMILES string of the molecule is Cc1c(-c2cnoc2N)cc(Br)c2c1OCCO2. The Bertz CT molecular complexity index is 610. The Morgan fingerprint density at radius 1 is 1.22 bits per heavy atom. The van der Waals surface area contributed by atoms with E-state index in [4.69, 9.17) is 19.7 Å². The highest BCUT2D eigenvalue weighted by Gasteiger charge is 2.22. The van der Waals surface area contributed by atoms with Crippen molar-refractivity contribution < 1.29 is 14.0 Å². The molecule has 1 aromatic carbocycles. The van der Waals surface area contributed by atoms with Gasteiger partial charge in [0.1, 0.15) is 13.2 Å². The fourth-order valence-corrected chi connectivity index (χ4v) is 2.55. The molecule has 2 N–H and O–H groups in total. The molecule has 0 aliphatic carbocycles. The maximum absolute atomic E-state index is 5.75. The zero-order valence-electron chi connectivity index (χ0n) is 9.70. The highest BCUT2D eigenvalue weighted by molar-refractivity contribution is 9.10. The van der Waals surface area contributed by atoms with Crippen LogP contribution in [0.15, 0.2) is 21.3 Å². The zero-order valence-corrected chi connectivity index (χ0v) is 11.3. The molecule has 0 bridgehead atoms. The van der Waals surface area contributed by atoms with Gasteiger partial charge in [-0.2, -0.15) is 0 Å². The number of fused-ring (bicyclic) bond motifs is 1. The van der Waals surface area contributed by atoms with Crippen molar-refractivity contribution in [1.82, 2.24) is 5.16 Å². The van der Waals surface area contributed by atoms with E-state index in [1.54, 1.807) is 6.20 Å². The maximum atomic E-state index is 5.75. The number of aromatic nitrogens is 1. The summed E-state index contributed by atoms with van der Waals surface area (Å²) in [5, 5.41) is 3.69. The second kappa shape index (κ2) is 4.20. The van der Waals surface area contributed by atoms with Gasteiger partial charge in [-0.05, 0) is 34.5 Å². The topological polar surface area (TPSA) is 70.5 Å². The standard InChI is InChI=1S/C12H11BrN2O3/c1-6-7(8-5-15-18-12(8)14)4-9(13)11-10(6)16-2-3-17-11/h4-5H,2-3,14H2,1H3. The number of nitrogens with two attached hydrogens (primary N) is 1. The Morgan fingerprint density at radius 2 is 1.94 bits per heavy atom. The monoisotopic (exact) mass is 310 g/mol. The van der Waals surface area contributed by atoms with E-state index in [1.807, 2.05) is 13.0 Å². The molecule has 2 aromatic rings. The first-order valence-electron chi connectivity index (χ1n) is 5.47. The Balaban J connectivity index is 2.23. The average molecular weight is 311 g/mol. The van der Waals surface area contributed by atoms with Crippen LogP contribution in [-0.2, 0) is 0 Å². The molecule has 0 atom stereocenters. The molecule has 0 radical (unpaired) electrons. The molecule has 1 aromatic heterocycles. The fourth-order valence-electron chi connectivity index (χ4n) is 2.03. The van der Waals surface area contributed by atoms with Crippen molar-refractivity contribution in [2.45, 2.75) is 6.92 Å². The number of nitrogen functional groups attached to an aromatic ring is 1. The summed E-state index contributed by atoms with van der Waals surface area (Å²) >= 11 is 3.48. The third-order valence-electron chi connectivity index (χ3n) is 2.90. The first kappa shape index (κ1) is 11.4. The number of ether oxygens (including phenoxy) is 2. The second-order valence-corrected chi connectivity index (χ2v) is 4.84.